The van der Waals surface area contributed by atoms with Crippen molar-refractivity contribution in [2.45, 2.75) is 13.3 Å². The van der Waals surface area contributed by atoms with Crippen LogP contribution in [0.4, 0.5) is 0 Å². The third-order valence-corrected chi connectivity index (χ3v) is 3.03. The van der Waals surface area contributed by atoms with Gasteiger partial charge in [0.25, 0.3) is 0 Å². The average molecular weight is 259 g/mol. The highest BCUT2D eigenvalue weighted by atomic mass is 16.5. The molecule has 0 saturated carbocycles. The molecule has 1 aromatic carbocycles. The van der Waals surface area contributed by atoms with Crippen LogP contribution >= 0.6 is 0 Å². The molecule has 0 aliphatic carbocycles. The smallest absolute Gasteiger partial charge is 0.161 e. The molecule has 1 aromatic rings. The van der Waals surface area contributed by atoms with E-state index in [2.05, 4.69) is 30.1 Å². The van der Waals surface area contributed by atoms with Crippen molar-refractivity contribution in [2.24, 2.45) is 0 Å². The Morgan fingerprint density at radius 2 is 2.21 bits per heavy atom. The second-order valence-electron chi connectivity index (χ2n) is 4.38. The van der Waals surface area contributed by atoms with Crippen LogP contribution in [0.15, 0.2) is 36.9 Å². The van der Waals surface area contributed by atoms with Gasteiger partial charge in [0.1, 0.15) is 6.61 Å². The van der Waals surface area contributed by atoms with Gasteiger partial charge in [-0.1, -0.05) is 24.8 Å². The normalized spacial score (nSPS) is 14.7. The van der Waals surface area contributed by atoms with Gasteiger partial charge in [-0.3, -0.25) is 0 Å². The Balaban J connectivity index is 2.24. The lowest BCUT2D eigenvalue weighted by Gasteiger charge is -2.17. The zero-order valence-corrected chi connectivity index (χ0v) is 11.4. The number of nitrogens with one attached hydrogen (secondary N) is 1. The van der Waals surface area contributed by atoms with Crippen LogP contribution in [-0.4, -0.2) is 26.3 Å². The first-order chi connectivity index (χ1) is 9.35. The largest absolute Gasteiger partial charge is 0.490 e. The molecule has 3 heteroatoms. The van der Waals surface area contributed by atoms with Gasteiger partial charge >= 0.3 is 0 Å². The van der Waals surface area contributed by atoms with Crippen molar-refractivity contribution in [1.82, 2.24) is 5.32 Å². The van der Waals surface area contributed by atoms with E-state index in [9.17, 15) is 0 Å². The van der Waals surface area contributed by atoms with E-state index in [4.69, 9.17) is 9.47 Å². The molecule has 102 valence electrons. The van der Waals surface area contributed by atoms with E-state index in [1.165, 1.54) is 11.1 Å². The molecule has 0 bridgehead atoms. The Bertz CT molecular complexity index is 466. The first-order valence-electron chi connectivity index (χ1n) is 6.75. The van der Waals surface area contributed by atoms with Crippen LogP contribution < -0.4 is 14.8 Å². The van der Waals surface area contributed by atoms with Crippen LogP contribution in [0.3, 0.4) is 0 Å². The fourth-order valence-electron chi connectivity index (χ4n) is 2.13. The van der Waals surface area contributed by atoms with Gasteiger partial charge in [0, 0.05) is 6.54 Å². The molecule has 0 unspecified atom stereocenters. The summed E-state index contributed by atoms with van der Waals surface area (Å²) in [5.74, 6) is 1.58. The first-order valence-corrected chi connectivity index (χ1v) is 6.75. The highest BCUT2D eigenvalue weighted by Crippen LogP contribution is 2.32. The summed E-state index contributed by atoms with van der Waals surface area (Å²) in [5.41, 5.74) is 2.59. The Kier molecular flexibility index (Phi) is 5.04. The first kappa shape index (κ1) is 13.7. The molecule has 0 saturated heterocycles. The standard InChI is InChI=1S/C16H21NO2/c1-3-11-19-15-6-5-14(12-16(15)18-4-2)13-7-9-17-10-8-13/h3,5-7,12,17H,1,4,8-11H2,2H3. The lowest BCUT2D eigenvalue weighted by atomic mass is 10.00. The molecule has 0 fully saturated rings. The van der Waals surface area contributed by atoms with Gasteiger partial charge in [-0.2, -0.15) is 0 Å². The second kappa shape index (κ2) is 7.00. The van der Waals surface area contributed by atoms with E-state index in [0.717, 1.165) is 31.0 Å². The summed E-state index contributed by atoms with van der Waals surface area (Å²) in [5, 5.41) is 3.32. The zero-order valence-electron chi connectivity index (χ0n) is 11.4. The van der Waals surface area contributed by atoms with Crippen LogP contribution in [0, 0.1) is 0 Å². The number of rotatable bonds is 6. The lowest BCUT2D eigenvalue weighted by molar-refractivity contribution is 0.297. The molecule has 0 atom stereocenters. The van der Waals surface area contributed by atoms with Gasteiger partial charge in [-0.05, 0) is 43.2 Å². The van der Waals surface area contributed by atoms with E-state index in [1.807, 2.05) is 13.0 Å². The SMILES string of the molecule is C=CCOc1ccc(C2=CCNCC2)cc1OCC. The van der Waals surface area contributed by atoms with Gasteiger partial charge in [0.05, 0.1) is 6.61 Å². The predicted octanol–water partition coefficient (Wildman–Crippen LogP) is 3.03. The van der Waals surface area contributed by atoms with Crippen molar-refractivity contribution in [3.63, 3.8) is 0 Å². The Labute approximate surface area is 114 Å². The van der Waals surface area contributed by atoms with Gasteiger partial charge < -0.3 is 14.8 Å². The summed E-state index contributed by atoms with van der Waals surface area (Å²) in [6.07, 6.45) is 5.02. The van der Waals surface area contributed by atoms with E-state index in [-0.39, 0.29) is 0 Å². The molecule has 1 aliphatic rings. The van der Waals surface area contributed by atoms with E-state index in [0.29, 0.717) is 13.2 Å². The summed E-state index contributed by atoms with van der Waals surface area (Å²) >= 11 is 0. The summed E-state index contributed by atoms with van der Waals surface area (Å²) in [7, 11) is 0. The Morgan fingerprint density at radius 3 is 2.89 bits per heavy atom. The lowest BCUT2D eigenvalue weighted by Crippen LogP contribution is -2.20. The van der Waals surface area contributed by atoms with Crippen LogP contribution in [0.25, 0.3) is 5.57 Å². The average Bonchev–Trinajstić information content (AvgIpc) is 2.47. The topological polar surface area (TPSA) is 30.5 Å². The van der Waals surface area contributed by atoms with E-state index < -0.39 is 0 Å². The molecule has 3 nitrogen and oxygen atoms in total. The third kappa shape index (κ3) is 3.61. The highest BCUT2D eigenvalue weighted by molar-refractivity contribution is 5.69. The minimum atomic E-state index is 0.492. The molecule has 19 heavy (non-hydrogen) atoms. The van der Waals surface area contributed by atoms with Crippen molar-refractivity contribution in [3.8, 4) is 11.5 Å². The zero-order chi connectivity index (χ0) is 13.5. The Morgan fingerprint density at radius 1 is 1.32 bits per heavy atom. The van der Waals surface area contributed by atoms with Gasteiger partial charge in [0.15, 0.2) is 11.5 Å². The van der Waals surface area contributed by atoms with Crippen molar-refractivity contribution >= 4 is 5.57 Å². The highest BCUT2D eigenvalue weighted by Gasteiger charge is 2.10. The van der Waals surface area contributed by atoms with Gasteiger partial charge in [0.2, 0.25) is 0 Å². The summed E-state index contributed by atoms with van der Waals surface area (Å²) in [4.78, 5) is 0. The molecule has 2 rings (SSSR count). The minimum Gasteiger partial charge on any atom is -0.490 e. The molecular weight excluding hydrogens is 238 g/mol. The van der Waals surface area contributed by atoms with Crippen LogP contribution in [0.1, 0.15) is 18.9 Å². The summed E-state index contributed by atoms with van der Waals surface area (Å²) in [6, 6.07) is 6.14. The van der Waals surface area contributed by atoms with Gasteiger partial charge in [-0.15, -0.1) is 0 Å². The fourth-order valence-corrected chi connectivity index (χ4v) is 2.13. The molecule has 0 spiro atoms. The number of ether oxygens (including phenoxy) is 2. The van der Waals surface area contributed by atoms with E-state index in [1.54, 1.807) is 6.08 Å². The molecule has 1 heterocycles. The quantitative estimate of drug-likeness (QED) is 0.797. The van der Waals surface area contributed by atoms with E-state index >= 15 is 0 Å². The maximum atomic E-state index is 5.66. The van der Waals surface area contributed by atoms with Crippen molar-refractivity contribution < 1.29 is 9.47 Å². The summed E-state index contributed by atoms with van der Waals surface area (Å²) in [6.45, 7) is 8.74. The van der Waals surface area contributed by atoms with Crippen LogP contribution in [0.5, 0.6) is 11.5 Å². The monoisotopic (exact) mass is 259 g/mol. The number of hydrogen-bond donors (Lipinski definition) is 1. The number of hydrogen-bond acceptors (Lipinski definition) is 3. The van der Waals surface area contributed by atoms with Crippen molar-refractivity contribution in [1.29, 1.82) is 0 Å². The maximum absolute atomic E-state index is 5.66. The third-order valence-electron chi connectivity index (χ3n) is 3.03. The molecule has 1 aliphatic heterocycles. The van der Waals surface area contributed by atoms with Gasteiger partial charge in [-0.25, -0.2) is 0 Å². The Hall–Kier alpha value is -1.74. The van der Waals surface area contributed by atoms with Crippen molar-refractivity contribution in [3.05, 3.63) is 42.5 Å². The van der Waals surface area contributed by atoms with Crippen molar-refractivity contribution in [2.75, 3.05) is 26.3 Å². The molecule has 0 amide bonds. The summed E-state index contributed by atoms with van der Waals surface area (Å²) < 4.78 is 11.3. The predicted molar refractivity (Wildman–Crippen MR) is 78.8 cm³/mol. The molecular formula is C16H21NO2. The maximum Gasteiger partial charge on any atom is 0.161 e. The second-order valence-corrected chi connectivity index (χ2v) is 4.38. The van der Waals surface area contributed by atoms with Crippen LogP contribution in [0.2, 0.25) is 0 Å². The molecule has 1 N–H and O–H groups in total. The van der Waals surface area contributed by atoms with Crippen LogP contribution in [-0.2, 0) is 0 Å². The molecule has 0 radical (unpaired) electrons. The number of benzene rings is 1. The fraction of sp³-hybridized carbons (Fsp3) is 0.375. The molecule has 0 aromatic heterocycles. The minimum absolute atomic E-state index is 0.492.